The molecule has 1 aromatic carbocycles. The molecule has 3 N–H and O–H groups in total. The maximum absolute atomic E-state index is 13.0. The predicted molar refractivity (Wildman–Crippen MR) is 137 cm³/mol. The summed E-state index contributed by atoms with van der Waals surface area (Å²) in [4.78, 5) is 25.0. The highest BCUT2D eigenvalue weighted by molar-refractivity contribution is 9.10. The molecule has 3 aromatic rings. The molecule has 1 saturated heterocycles. The van der Waals surface area contributed by atoms with E-state index in [9.17, 15) is 4.79 Å². The number of halogens is 3. The summed E-state index contributed by atoms with van der Waals surface area (Å²) in [7, 11) is 0. The number of aliphatic hydroxyl groups is 1. The number of hydrogen-bond donors (Lipinski definition) is 3. The summed E-state index contributed by atoms with van der Waals surface area (Å²) in [6, 6.07) is 5.36. The number of carbonyl (C=O) groups excluding carboxylic acids is 1. The first-order chi connectivity index (χ1) is 16.5. The molecule has 0 bridgehead atoms. The second kappa shape index (κ2) is 11.7. The molecule has 11 heteroatoms. The van der Waals surface area contributed by atoms with Gasteiger partial charge in [0.2, 0.25) is 0 Å². The Labute approximate surface area is 216 Å². The van der Waals surface area contributed by atoms with Gasteiger partial charge in [-0.05, 0) is 44.1 Å². The van der Waals surface area contributed by atoms with Crippen LogP contribution in [0.2, 0.25) is 10.0 Å². The highest BCUT2D eigenvalue weighted by Crippen LogP contribution is 2.36. The highest BCUT2D eigenvalue weighted by atomic mass is 79.9. The quantitative estimate of drug-likeness (QED) is 0.255. The van der Waals surface area contributed by atoms with E-state index in [1.165, 1.54) is 25.7 Å². The number of fused-ring (bicyclic) bond motifs is 1. The second-order valence-corrected chi connectivity index (χ2v) is 9.82. The molecule has 34 heavy (non-hydrogen) atoms. The van der Waals surface area contributed by atoms with Crippen LogP contribution in [0.1, 0.15) is 41.7 Å². The minimum Gasteiger partial charge on any atom is -0.394 e. The molecular weight excluding hydrogens is 545 g/mol. The number of hydrogen-bond acceptors (Lipinski definition) is 6. The Morgan fingerprint density at radius 3 is 2.68 bits per heavy atom. The number of anilines is 2. The molecule has 1 fully saturated rings. The van der Waals surface area contributed by atoms with Crippen LogP contribution in [0.4, 0.5) is 11.4 Å². The van der Waals surface area contributed by atoms with Crippen LogP contribution in [-0.2, 0) is 11.4 Å². The first-order valence-electron chi connectivity index (χ1n) is 11.1. The summed E-state index contributed by atoms with van der Waals surface area (Å²) >= 11 is 16.6. The number of aliphatic hydroxyl groups excluding tert-OH is 1. The standard InChI is InChI=1S/C23H26BrCl2N5O3/c24-15-5-6-19(18(25)11-15)28-21-17(23(33)29-34-10-9-32)14-31-16(12-27-22(31)20(21)26)13-30-7-3-1-2-4-8-30/h5-6,11-12,14,28,32H,1-4,7-10,13H2,(H,29,33). The van der Waals surface area contributed by atoms with Crippen LogP contribution in [0.3, 0.4) is 0 Å². The molecule has 0 atom stereocenters. The zero-order chi connectivity index (χ0) is 24.1. The topological polar surface area (TPSA) is 91.1 Å². The molecule has 0 saturated carbocycles. The van der Waals surface area contributed by atoms with Crippen LogP contribution in [0.25, 0.3) is 5.65 Å². The van der Waals surface area contributed by atoms with Gasteiger partial charge in [-0.3, -0.25) is 14.5 Å². The van der Waals surface area contributed by atoms with Gasteiger partial charge in [0, 0.05) is 17.2 Å². The number of nitrogens with one attached hydrogen (secondary N) is 2. The molecule has 4 rings (SSSR count). The average molecular weight is 571 g/mol. The van der Waals surface area contributed by atoms with Crippen molar-refractivity contribution in [3.8, 4) is 0 Å². The molecule has 0 radical (unpaired) electrons. The molecule has 0 aliphatic carbocycles. The first-order valence-corrected chi connectivity index (χ1v) is 12.7. The predicted octanol–water partition coefficient (Wildman–Crippen LogP) is 5.18. The Morgan fingerprint density at radius 1 is 1.21 bits per heavy atom. The second-order valence-electron chi connectivity index (χ2n) is 8.12. The number of hydroxylamine groups is 1. The van der Waals surface area contributed by atoms with Gasteiger partial charge in [0.1, 0.15) is 5.02 Å². The van der Waals surface area contributed by atoms with E-state index in [0.29, 0.717) is 28.6 Å². The Hall–Kier alpha value is -1.88. The lowest BCUT2D eigenvalue weighted by molar-refractivity contribution is 0.0168. The van der Waals surface area contributed by atoms with Crippen LogP contribution >= 0.6 is 39.1 Å². The number of amides is 1. The normalized spacial score (nSPS) is 14.8. The van der Waals surface area contributed by atoms with Gasteiger partial charge < -0.3 is 14.8 Å². The van der Waals surface area contributed by atoms with Crippen LogP contribution in [0.15, 0.2) is 35.1 Å². The summed E-state index contributed by atoms with van der Waals surface area (Å²) in [5.74, 6) is -0.512. The number of nitrogens with zero attached hydrogens (tertiary/aromatic N) is 3. The lowest BCUT2D eigenvalue weighted by atomic mass is 10.2. The Kier molecular flexibility index (Phi) is 8.68. The van der Waals surface area contributed by atoms with Crippen molar-refractivity contribution in [2.75, 3.05) is 31.6 Å². The minimum absolute atomic E-state index is 0.0334. The summed E-state index contributed by atoms with van der Waals surface area (Å²) in [6.45, 7) is 2.52. The van der Waals surface area contributed by atoms with E-state index in [2.05, 4.69) is 36.6 Å². The van der Waals surface area contributed by atoms with Crippen LogP contribution in [0, 0.1) is 0 Å². The third-order valence-corrected chi connectivity index (χ3v) is 6.86. The van der Waals surface area contributed by atoms with Crippen molar-refractivity contribution < 1.29 is 14.7 Å². The Bertz CT molecular complexity index is 1170. The average Bonchev–Trinajstić information content (AvgIpc) is 3.03. The van der Waals surface area contributed by atoms with Crippen molar-refractivity contribution in [3.05, 3.63) is 56.4 Å². The fourth-order valence-electron chi connectivity index (χ4n) is 4.00. The van der Waals surface area contributed by atoms with Gasteiger partial charge in [-0.25, -0.2) is 10.5 Å². The molecule has 8 nitrogen and oxygen atoms in total. The van der Waals surface area contributed by atoms with Crippen molar-refractivity contribution in [1.29, 1.82) is 0 Å². The number of benzene rings is 1. The summed E-state index contributed by atoms with van der Waals surface area (Å²) in [5.41, 5.74) is 5.03. The smallest absolute Gasteiger partial charge is 0.278 e. The molecular formula is C23H26BrCl2N5O3. The van der Waals surface area contributed by atoms with Gasteiger partial charge in [0.25, 0.3) is 5.91 Å². The van der Waals surface area contributed by atoms with Crippen molar-refractivity contribution in [2.45, 2.75) is 32.2 Å². The van der Waals surface area contributed by atoms with E-state index in [1.54, 1.807) is 24.5 Å². The number of rotatable bonds is 8. The minimum atomic E-state index is -0.512. The van der Waals surface area contributed by atoms with E-state index in [-0.39, 0.29) is 23.8 Å². The largest absolute Gasteiger partial charge is 0.394 e. The van der Waals surface area contributed by atoms with Gasteiger partial charge in [0.15, 0.2) is 5.65 Å². The van der Waals surface area contributed by atoms with Crippen molar-refractivity contribution in [3.63, 3.8) is 0 Å². The van der Waals surface area contributed by atoms with E-state index >= 15 is 0 Å². The molecule has 182 valence electrons. The number of carbonyl (C=O) groups is 1. The summed E-state index contributed by atoms with van der Waals surface area (Å²) in [5, 5.41) is 12.9. The van der Waals surface area contributed by atoms with Gasteiger partial charge >= 0.3 is 0 Å². The van der Waals surface area contributed by atoms with Crippen LogP contribution < -0.4 is 10.8 Å². The molecule has 3 heterocycles. The number of likely N-dealkylation sites (tertiary alicyclic amines) is 1. The summed E-state index contributed by atoms with van der Waals surface area (Å²) in [6.07, 6.45) is 8.35. The molecule has 1 aliphatic rings. The van der Waals surface area contributed by atoms with Crippen LogP contribution in [0.5, 0.6) is 0 Å². The van der Waals surface area contributed by atoms with Gasteiger partial charge in [-0.1, -0.05) is 52.0 Å². The third-order valence-electron chi connectivity index (χ3n) is 5.69. The maximum Gasteiger partial charge on any atom is 0.278 e. The number of imidazole rings is 1. The van der Waals surface area contributed by atoms with E-state index in [1.807, 2.05) is 10.5 Å². The molecule has 1 aliphatic heterocycles. The third kappa shape index (κ3) is 5.84. The number of aromatic nitrogens is 2. The first kappa shape index (κ1) is 25.2. The van der Waals surface area contributed by atoms with Crippen molar-refractivity contribution >= 4 is 62.1 Å². The molecule has 0 unspecified atom stereocenters. The fourth-order valence-corrected chi connectivity index (χ4v) is 5.01. The van der Waals surface area contributed by atoms with Gasteiger partial charge in [-0.2, -0.15) is 0 Å². The molecule has 2 aromatic heterocycles. The van der Waals surface area contributed by atoms with E-state index < -0.39 is 5.91 Å². The highest BCUT2D eigenvalue weighted by Gasteiger charge is 2.22. The number of pyridine rings is 1. The molecule has 0 spiro atoms. The Morgan fingerprint density at radius 2 is 1.97 bits per heavy atom. The SMILES string of the molecule is O=C(NOCCO)c1cn2c(CN3CCCCCC3)cnc2c(Cl)c1Nc1ccc(Br)cc1Cl. The van der Waals surface area contributed by atoms with Gasteiger partial charge in [0.05, 0.1) is 47.1 Å². The van der Waals surface area contributed by atoms with E-state index in [4.69, 9.17) is 33.1 Å². The monoisotopic (exact) mass is 569 g/mol. The van der Waals surface area contributed by atoms with Gasteiger partial charge in [-0.15, -0.1) is 0 Å². The summed E-state index contributed by atoms with van der Waals surface area (Å²) < 4.78 is 2.68. The van der Waals surface area contributed by atoms with Crippen molar-refractivity contribution in [2.24, 2.45) is 0 Å². The molecule has 1 amide bonds. The lowest BCUT2D eigenvalue weighted by Crippen LogP contribution is -2.27. The zero-order valence-electron chi connectivity index (χ0n) is 18.5. The fraction of sp³-hybridized carbons (Fsp3) is 0.391. The van der Waals surface area contributed by atoms with Crippen molar-refractivity contribution in [1.82, 2.24) is 19.8 Å². The van der Waals surface area contributed by atoms with E-state index in [0.717, 1.165) is 23.3 Å². The lowest BCUT2D eigenvalue weighted by Gasteiger charge is -2.20. The van der Waals surface area contributed by atoms with Crippen LogP contribution in [-0.4, -0.2) is 51.6 Å². The maximum atomic E-state index is 13.0. The zero-order valence-corrected chi connectivity index (χ0v) is 21.6. The Balaban J connectivity index is 1.73.